The summed E-state index contributed by atoms with van der Waals surface area (Å²) in [6.45, 7) is 1.79. The number of ether oxygens (including phenoxy) is 3. The van der Waals surface area contributed by atoms with Crippen molar-refractivity contribution in [2.24, 2.45) is 0 Å². The molecule has 0 aromatic rings. The molecule has 1 aliphatic heterocycles. The first-order valence-electron chi connectivity index (χ1n) is 9.01. The minimum absolute atomic E-state index is 0.141. The smallest absolute Gasteiger partial charge is 0.329 e. The molecule has 0 aliphatic carbocycles. The zero-order valence-corrected chi connectivity index (χ0v) is 15.4. The summed E-state index contributed by atoms with van der Waals surface area (Å²) < 4.78 is 15.3. The van der Waals surface area contributed by atoms with E-state index in [2.05, 4.69) is 0 Å². The quantitative estimate of drug-likeness (QED) is 0.285. The Morgan fingerprint density at radius 3 is 2.00 bits per heavy atom. The molecule has 27 heavy (non-hydrogen) atoms. The van der Waals surface area contributed by atoms with Gasteiger partial charge in [-0.3, -0.25) is 19.3 Å². The fourth-order valence-corrected chi connectivity index (χ4v) is 2.34. The first-order chi connectivity index (χ1) is 13.0. The number of aliphatic carboxylic acids is 1. The Kier molecular flexibility index (Phi) is 11.9. The largest absolute Gasteiger partial charge is 0.480 e. The van der Waals surface area contributed by atoms with Crippen molar-refractivity contribution < 1.29 is 38.5 Å². The van der Waals surface area contributed by atoms with E-state index in [9.17, 15) is 19.2 Å². The van der Waals surface area contributed by atoms with Crippen LogP contribution in [-0.2, 0) is 33.4 Å². The molecule has 2 amide bonds. The van der Waals surface area contributed by atoms with Gasteiger partial charge in [0.1, 0.15) is 12.4 Å². The van der Waals surface area contributed by atoms with Crippen molar-refractivity contribution in [3.05, 3.63) is 12.2 Å². The van der Waals surface area contributed by atoms with Gasteiger partial charge in [-0.05, 0) is 19.3 Å². The highest BCUT2D eigenvalue weighted by Gasteiger charge is 2.22. The molecule has 1 heterocycles. The first-order valence-corrected chi connectivity index (χ1v) is 9.01. The van der Waals surface area contributed by atoms with Crippen molar-refractivity contribution in [3.63, 3.8) is 0 Å². The minimum Gasteiger partial charge on any atom is -0.480 e. The first kappa shape index (κ1) is 22.9. The van der Waals surface area contributed by atoms with E-state index in [4.69, 9.17) is 19.3 Å². The van der Waals surface area contributed by atoms with Crippen LogP contribution in [0.15, 0.2) is 12.2 Å². The zero-order chi connectivity index (χ0) is 19.9. The second kappa shape index (κ2) is 14.0. The number of rotatable bonds is 17. The molecular weight excluding hydrogens is 358 g/mol. The van der Waals surface area contributed by atoms with Crippen molar-refractivity contribution in [2.75, 3.05) is 46.2 Å². The Labute approximate surface area is 158 Å². The second-order valence-corrected chi connectivity index (χ2v) is 5.93. The van der Waals surface area contributed by atoms with Crippen LogP contribution in [0.25, 0.3) is 0 Å². The molecule has 0 spiro atoms. The van der Waals surface area contributed by atoms with Crippen molar-refractivity contribution in [2.45, 2.75) is 32.1 Å². The van der Waals surface area contributed by atoms with E-state index in [1.54, 1.807) is 0 Å². The van der Waals surface area contributed by atoms with Crippen molar-refractivity contribution in [1.82, 2.24) is 4.90 Å². The average Bonchev–Trinajstić information content (AvgIpc) is 2.94. The number of ketones is 1. The molecule has 1 N–H and O–H groups in total. The third-order valence-electron chi connectivity index (χ3n) is 3.70. The van der Waals surface area contributed by atoms with E-state index in [1.165, 1.54) is 17.1 Å². The van der Waals surface area contributed by atoms with Gasteiger partial charge in [-0.25, -0.2) is 4.79 Å². The SMILES string of the molecule is O=C(O)COCCOCCOCCCC(=O)CCCCN1C(=O)C=CC1=O. The lowest BCUT2D eigenvalue weighted by Gasteiger charge is -2.12. The van der Waals surface area contributed by atoms with Gasteiger partial charge in [0, 0.05) is 38.1 Å². The lowest BCUT2D eigenvalue weighted by molar-refractivity contribution is -0.143. The van der Waals surface area contributed by atoms with Gasteiger partial charge < -0.3 is 19.3 Å². The van der Waals surface area contributed by atoms with Gasteiger partial charge >= 0.3 is 5.97 Å². The maximum Gasteiger partial charge on any atom is 0.329 e. The number of hydrogen-bond donors (Lipinski definition) is 1. The molecule has 152 valence electrons. The fraction of sp³-hybridized carbons (Fsp3) is 0.667. The van der Waals surface area contributed by atoms with E-state index in [0.29, 0.717) is 65.1 Å². The Balaban J connectivity index is 1.84. The number of imide groups is 1. The van der Waals surface area contributed by atoms with Gasteiger partial charge in [0.2, 0.25) is 0 Å². The molecule has 9 heteroatoms. The number of hydrogen-bond acceptors (Lipinski definition) is 7. The van der Waals surface area contributed by atoms with Crippen molar-refractivity contribution >= 4 is 23.6 Å². The highest BCUT2D eigenvalue weighted by molar-refractivity contribution is 6.12. The van der Waals surface area contributed by atoms with Crippen LogP contribution in [0.3, 0.4) is 0 Å². The summed E-state index contributed by atoms with van der Waals surface area (Å²) in [5.41, 5.74) is 0. The summed E-state index contributed by atoms with van der Waals surface area (Å²) in [6.07, 6.45) is 5.28. The van der Waals surface area contributed by atoms with Gasteiger partial charge in [-0.1, -0.05) is 0 Å². The summed E-state index contributed by atoms with van der Waals surface area (Å²) in [5.74, 6) is -1.45. The summed E-state index contributed by atoms with van der Waals surface area (Å²) in [6, 6.07) is 0. The third-order valence-corrected chi connectivity index (χ3v) is 3.70. The van der Waals surface area contributed by atoms with Crippen molar-refractivity contribution in [1.29, 1.82) is 0 Å². The van der Waals surface area contributed by atoms with Crippen LogP contribution in [0, 0.1) is 0 Å². The van der Waals surface area contributed by atoms with Crippen molar-refractivity contribution in [3.8, 4) is 0 Å². The lowest BCUT2D eigenvalue weighted by atomic mass is 10.1. The predicted octanol–water partition coefficient (Wildman–Crippen LogP) is 0.565. The number of amides is 2. The summed E-state index contributed by atoms with van der Waals surface area (Å²) >= 11 is 0. The molecule has 0 bridgehead atoms. The third kappa shape index (κ3) is 11.3. The summed E-state index contributed by atoms with van der Waals surface area (Å²) in [4.78, 5) is 45.8. The number of carboxylic acids is 1. The van der Waals surface area contributed by atoms with E-state index in [0.717, 1.165) is 0 Å². The molecule has 0 aromatic heterocycles. The standard InChI is InChI=1S/C18H27NO8/c20-15(4-1-2-8-19-16(21)6-7-17(19)22)5-3-9-25-10-11-26-12-13-27-14-18(23)24/h6-7H,1-5,8-14H2,(H,23,24). The monoisotopic (exact) mass is 385 g/mol. The van der Waals surface area contributed by atoms with Crippen LogP contribution < -0.4 is 0 Å². The molecule has 0 saturated carbocycles. The van der Waals surface area contributed by atoms with E-state index < -0.39 is 5.97 Å². The topological polar surface area (TPSA) is 119 Å². The van der Waals surface area contributed by atoms with Gasteiger partial charge in [0.25, 0.3) is 11.8 Å². The van der Waals surface area contributed by atoms with E-state index >= 15 is 0 Å². The van der Waals surface area contributed by atoms with E-state index in [-0.39, 0.29) is 30.8 Å². The Hall–Kier alpha value is -2.10. The van der Waals surface area contributed by atoms with Gasteiger partial charge in [0.15, 0.2) is 0 Å². The maximum atomic E-state index is 11.8. The molecule has 0 unspecified atom stereocenters. The van der Waals surface area contributed by atoms with Crippen LogP contribution in [0.2, 0.25) is 0 Å². The second-order valence-electron chi connectivity index (χ2n) is 5.93. The van der Waals surface area contributed by atoms with Crippen LogP contribution in [0.4, 0.5) is 0 Å². The van der Waals surface area contributed by atoms with Gasteiger partial charge in [-0.15, -0.1) is 0 Å². The number of nitrogens with zero attached hydrogens (tertiary/aromatic N) is 1. The van der Waals surface area contributed by atoms with Crippen LogP contribution in [0.1, 0.15) is 32.1 Å². The molecule has 0 aromatic carbocycles. The Morgan fingerprint density at radius 2 is 1.37 bits per heavy atom. The molecule has 0 fully saturated rings. The highest BCUT2D eigenvalue weighted by Crippen LogP contribution is 2.08. The normalized spacial score (nSPS) is 13.6. The number of carbonyl (C=O) groups excluding carboxylic acids is 3. The summed E-state index contributed by atoms with van der Waals surface area (Å²) in [5, 5.41) is 8.36. The molecular formula is C18H27NO8. The predicted molar refractivity (Wildman–Crippen MR) is 94.0 cm³/mol. The van der Waals surface area contributed by atoms with Gasteiger partial charge in [-0.2, -0.15) is 0 Å². The molecule has 1 rings (SSSR count). The molecule has 1 aliphatic rings. The minimum atomic E-state index is -1.01. The summed E-state index contributed by atoms with van der Waals surface area (Å²) in [7, 11) is 0. The molecule has 0 saturated heterocycles. The van der Waals surface area contributed by atoms with E-state index in [1.807, 2.05) is 0 Å². The highest BCUT2D eigenvalue weighted by atomic mass is 16.5. The van der Waals surface area contributed by atoms with Crippen LogP contribution in [-0.4, -0.2) is 79.8 Å². The molecule has 9 nitrogen and oxygen atoms in total. The number of Topliss-reactive ketones (excluding diaryl/α,β-unsaturated/α-hetero) is 1. The maximum absolute atomic E-state index is 11.8. The molecule has 0 radical (unpaired) electrons. The number of carboxylic acid groups (broad SMARTS) is 1. The Morgan fingerprint density at radius 1 is 0.815 bits per heavy atom. The fourth-order valence-electron chi connectivity index (χ4n) is 2.34. The average molecular weight is 385 g/mol. The van der Waals surface area contributed by atoms with Crippen LogP contribution >= 0.6 is 0 Å². The number of unbranched alkanes of at least 4 members (excludes halogenated alkanes) is 1. The Bertz CT molecular complexity index is 513. The van der Waals surface area contributed by atoms with Crippen LogP contribution in [0.5, 0.6) is 0 Å². The zero-order valence-electron chi connectivity index (χ0n) is 15.4. The molecule has 0 atom stereocenters. The lowest BCUT2D eigenvalue weighted by Crippen LogP contribution is -2.30. The van der Waals surface area contributed by atoms with Gasteiger partial charge in [0.05, 0.1) is 26.4 Å². The number of carbonyl (C=O) groups is 4.